The molecule has 110 valence electrons. The predicted molar refractivity (Wildman–Crippen MR) is 63.7 cm³/mol. The predicted octanol–water partition coefficient (Wildman–Crippen LogP) is 3.02. The SMILES string of the molecule is O=C(O)c1cc(F)c(F)cc1C(O)c1cc(F)ccc1F. The van der Waals surface area contributed by atoms with Gasteiger partial charge in [-0.15, -0.1) is 0 Å². The van der Waals surface area contributed by atoms with E-state index in [1.807, 2.05) is 0 Å². The van der Waals surface area contributed by atoms with Gasteiger partial charge < -0.3 is 10.2 Å². The first-order chi connectivity index (χ1) is 9.81. The van der Waals surface area contributed by atoms with Crippen molar-refractivity contribution in [2.45, 2.75) is 6.10 Å². The van der Waals surface area contributed by atoms with Crippen LogP contribution in [0.1, 0.15) is 27.6 Å². The molecule has 21 heavy (non-hydrogen) atoms. The maximum absolute atomic E-state index is 13.6. The lowest BCUT2D eigenvalue weighted by Crippen LogP contribution is -2.11. The average molecular weight is 300 g/mol. The fraction of sp³-hybridized carbons (Fsp3) is 0.0714. The Balaban J connectivity index is 2.62. The first-order valence-corrected chi connectivity index (χ1v) is 5.66. The Kier molecular flexibility index (Phi) is 3.95. The smallest absolute Gasteiger partial charge is 0.336 e. The summed E-state index contributed by atoms with van der Waals surface area (Å²) in [5.41, 5.74) is -1.90. The second kappa shape index (κ2) is 5.53. The van der Waals surface area contributed by atoms with Gasteiger partial charge in [-0.3, -0.25) is 0 Å². The number of halogens is 4. The minimum Gasteiger partial charge on any atom is -0.478 e. The number of hydrogen-bond donors (Lipinski definition) is 2. The third-order valence-electron chi connectivity index (χ3n) is 2.87. The van der Waals surface area contributed by atoms with Gasteiger partial charge in [-0.25, -0.2) is 22.4 Å². The van der Waals surface area contributed by atoms with E-state index in [-0.39, 0.29) is 0 Å². The second-order valence-electron chi connectivity index (χ2n) is 4.23. The Morgan fingerprint density at radius 2 is 1.52 bits per heavy atom. The molecule has 0 spiro atoms. The monoisotopic (exact) mass is 300 g/mol. The lowest BCUT2D eigenvalue weighted by atomic mass is 9.96. The van der Waals surface area contributed by atoms with Gasteiger partial charge in [0.2, 0.25) is 0 Å². The van der Waals surface area contributed by atoms with E-state index in [0.717, 1.165) is 12.1 Å². The number of benzene rings is 2. The van der Waals surface area contributed by atoms with E-state index in [9.17, 15) is 27.5 Å². The summed E-state index contributed by atoms with van der Waals surface area (Å²) >= 11 is 0. The number of carboxylic acid groups (broad SMARTS) is 1. The lowest BCUT2D eigenvalue weighted by molar-refractivity contribution is 0.0690. The van der Waals surface area contributed by atoms with E-state index < -0.39 is 52.0 Å². The van der Waals surface area contributed by atoms with Crippen LogP contribution in [0, 0.1) is 23.3 Å². The van der Waals surface area contributed by atoms with Crippen molar-refractivity contribution >= 4 is 5.97 Å². The second-order valence-corrected chi connectivity index (χ2v) is 4.23. The Hall–Kier alpha value is -2.41. The Labute approximate surface area is 116 Å². The first-order valence-electron chi connectivity index (χ1n) is 5.66. The molecule has 0 aromatic heterocycles. The topological polar surface area (TPSA) is 57.5 Å². The van der Waals surface area contributed by atoms with E-state index >= 15 is 0 Å². The maximum Gasteiger partial charge on any atom is 0.336 e. The van der Waals surface area contributed by atoms with Crippen molar-refractivity contribution in [1.82, 2.24) is 0 Å². The Morgan fingerprint density at radius 3 is 2.14 bits per heavy atom. The molecule has 0 saturated heterocycles. The van der Waals surface area contributed by atoms with Crippen molar-refractivity contribution in [1.29, 1.82) is 0 Å². The number of rotatable bonds is 3. The largest absolute Gasteiger partial charge is 0.478 e. The summed E-state index contributed by atoms with van der Waals surface area (Å²) < 4.78 is 53.0. The molecule has 0 fully saturated rings. The van der Waals surface area contributed by atoms with Crippen LogP contribution in [0.4, 0.5) is 17.6 Å². The number of carboxylic acids is 1. The van der Waals surface area contributed by atoms with Crippen LogP contribution in [0.25, 0.3) is 0 Å². The molecule has 0 aliphatic carbocycles. The number of hydrogen-bond acceptors (Lipinski definition) is 2. The highest BCUT2D eigenvalue weighted by molar-refractivity contribution is 5.89. The highest BCUT2D eigenvalue weighted by Crippen LogP contribution is 2.29. The fourth-order valence-electron chi connectivity index (χ4n) is 1.87. The zero-order valence-corrected chi connectivity index (χ0v) is 10.3. The van der Waals surface area contributed by atoms with Crippen molar-refractivity contribution in [3.63, 3.8) is 0 Å². The van der Waals surface area contributed by atoms with Crippen LogP contribution in [0.5, 0.6) is 0 Å². The quantitative estimate of drug-likeness (QED) is 0.857. The average Bonchev–Trinajstić information content (AvgIpc) is 2.43. The number of aromatic carboxylic acids is 1. The minimum atomic E-state index is -1.96. The van der Waals surface area contributed by atoms with Crippen LogP contribution in [0.3, 0.4) is 0 Å². The molecule has 0 aliphatic heterocycles. The summed E-state index contributed by atoms with van der Waals surface area (Å²) in [6.07, 6.45) is -1.96. The van der Waals surface area contributed by atoms with Crippen LogP contribution < -0.4 is 0 Å². The standard InChI is InChI=1S/C14H8F4O3/c15-6-1-2-10(16)9(3-6)13(19)7-4-11(17)12(18)5-8(7)14(20)21/h1-5,13,19H,(H,20,21). The van der Waals surface area contributed by atoms with Crippen LogP contribution >= 0.6 is 0 Å². The Bertz CT molecular complexity index is 716. The van der Waals surface area contributed by atoms with Gasteiger partial charge in [0.15, 0.2) is 11.6 Å². The zero-order valence-electron chi connectivity index (χ0n) is 10.3. The van der Waals surface area contributed by atoms with Crippen molar-refractivity contribution in [2.75, 3.05) is 0 Å². The van der Waals surface area contributed by atoms with Crippen molar-refractivity contribution in [3.8, 4) is 0 Å². The van der Waals surface area contributed by atoms with Gasteiger partial charge in [-0.05, 0) is 30.3 Å². The molecule has 1 atom stereocenters. The molecule has 0 aliphatic rings. The molecular formula is C14H8F4O3. The summed E-state index contributed by atoms with van der Waals surface area (Å²) in [5.74, 6) is -6.36. The van der Waals surface area contributed by atoms with Gasteiger partial charge in [0.1, 0.15) is 17.7 Å². The van der Waals surface area contributed by atoms with Crippen molar-refractivity contribution in [3.05, 3.63) is 70.3 Å². The fourth-order valence-corrected chi connectivity index (χ4v) is 1.87. The molecule has 0 bridgehead atoms. The molecule has 3 nitrogen and oxygen atoms in total. The number of aliphatic hydroxyl groups is 1. The highest BCUT2D eigenvalue weighted by atomic mass is 19.2. The lowest BCUT2D eigenvalue weighted by Gasteiger charge is -2.15. The number of carbonyl (C=O) groups is 1. The third kappa shape index (κ3) is 2.87. The van der Waals surface area contributed by atoms with Crippen molar-refractivity contribution < 1.29 is 32.6 Å². The molecule has 0 saturated carbocycles. The van der Waals surface area contributed by atoms with Crippen LogP contribution in [-0.4, -0.2) is 16.2 Å². The molecule has 0 amide bonds. The molecule has 7 heteroatoms. The van der Waals surface area contributed by atoms with E-state index in [4.69, 9.17) is 5.11 Å². The number of aliphatic hydroxyl groups excluding tert-OH is 1. The highest BCUT2D eigenvalue weighted by Gasteiger charge is 2.24. The Morgan fingerprint density at radius 1 is 0.905 bits per heavy atom. The summed E-state index contributed by atoms with van der Waals surface area (Å²) in [7, 11) is 0. The van der Waals surface area contributed by atoms with Crippen LogP contribution in [0.2, 0.25) is 0 Å². The van der Waals surface area contributed by atoms with E-state index in [1.54, 1.807) is 0 Å². The molecular weight excluding hydrogens is 292 g/mol. The van der Waals surface area contributed by atoms with Gasteiger partial charge >= 0.3 is 5.97 Å². The molecule has 0 radical (unpaired) electrons. The van der Waals surface area contributed by atoms with Gasteiger partial charge in [-0.1, -0.05) is 0 Å². The molecule has 2 rings (SSSR count). The van der Waals surface area contributed by atoms with Gasteiger partial charge in [0.25, 0.3) is 0 Å². The van der Waals surface area contributed by atoms with Crippen LogP contribution in [-0.2, 0) is 0 Å². The molecule has 1 unspecified atom stereocenters. The summed E-state index contributed by atoms with van der Waals surface area (Å²) in [5, 5.41) is 18.9. The molecule has 0 heterocycles. The van der Waals surface area contributed by atoms with Gasteiger partial charge in [0, 0.05) is 11.1 Å². The molecule has 2 aromatic carbocycles. The van der Waals surface area contributed by atoms with E-state index in [0.29, 0.717) is 18.2 Å². The van der Waals surface area contributed by atoms with Crippen LogP contribution in [0.15, 0.2) is 30.3 Å². The summed E-state index contributed by atoms with van der Waals surface area (Å²) in [4.78, 5) is 11.0. The molecule has 2 N–H and O–H groups in total. The molecule has 2 aromatic rings. The summed E-state index contributed by atoms with van der Waals surface area (Å²) in [6.45, 7) is 0. The normalized spacial score (nSPS) is 12.2. The zero-order chi connectivity index (χ0) is 15.7. The minimum absolute atomic E-state index is 0.368. The van der Waals surface area contributed by atoms with Gasteiger partial charge in [-0.2, -0.15) is 0 Å². The van der Waals surface area contributed by atoms with E-state index in [1.165, 1.54) is 0 Å². The summed E-state index contributed by atoms with van der Waals surface area (Å²) in [6, 6.07) is 2.98. The first kappa shape index (κ1) is 15.0. The van der Waals surface area contributed by atoms with Gasteiger partial charge in [0.05, 0.1) is 5.56 Å². The maximum atomic E-state index is 13.6. The van der Waals surface area contributed by atoms with E-state index in [2.05, 4.69) is 0 Å². The third-order valence-corrected chi connectivity index (χ3v) is 2.87. The van der Waals surface area contributed by atoms with Crippen molar-refractivity contribution in [2.24, 2.45) is 0 Å².